The zero-order valence-corrected chi connectivity index (χ0v) is 12.5. The monoisotopic (exact) mass is 321 g/mol. The molecule has 0 bridgehead atoms. The number of nitrogens with one attached hydrogen (secondary N) is 1. The number of hydrogen-bond acceptors (Lipinski definition) is 2. The van der Waals surface area contributed by atoms with E-state index in [0.717, 1.165) is 12.5 Å². The molecular weight excluding hydrogens is 306 g/mol. The van der Waals surface area contributed by atoms with Crippen LogP contribution in [0, 0.1) is 5.92 Å². The maximum atomic E-state index is 3.72. The lowest BCUT2D eigenvalue weighted by Crippen LogP contribution is -2.22. The number of rotatable bonds is 5. The van der Waals surface area contributed by atoms with E-state index in [1.807, 2.05) is 11.3 Å². The topological polar surface area (TPSA) is 12.0 Å². The highest BCUT2D eigenvalue weighted by Crippen LogP contribution is 2.41. The third kappa shape index (κ3) is 3.02. The van der Waals surface area contributed by atoms with Gasteiger partial charge in [0.15, 0.2) is 0 Å². The number of hydrogen-bond donors (Lipinski definition) is 1. The fraction of sp³-hybridized carbons (Fsp3) is 0.333. The van der Waals surface area contributed by atoms with Crippen LogP contribution in [0.25, 0.3) is 0 Å². The van der Waals surface area contributed by atoms with Crippen LogP contribution in [0.15, 0.2) is 46.3 Å². The highest BCUT2D eigenvalue weighted by Gasteiger charge is 2.31. The Kier molecular flexibility index (Phi) is 3.83. The first kappa shape index (κ1) is 12.4. The minimum atomic E-state index is 0.520. The van der Waals surface area contributed by atoms with Crippen LogP contribution in [0.3, 0.4) is 0 Å². The maximum Gasteiger partial charge on any atom is 0.0701 e. The van der Waals surface area contributed by atoms with Gasteiger partial charge in [0.2, 0.25) is 0 Å². The van der Waals surface area contributed by atoms with Gasteiger partial charge in [-0.15, -0.1) is 11.3 Å². The second-order valence-corrected chi connectivity index (χ2v) is 7.36. The molecule has 1 aliphatic rings. The number of thiophene rings is 1. The fourth-order valence-corrected chi connectivity index (χ4v) is 3.74. The molecule has 18 heavy (non-hydrogen) atoms. The molecule has 1 aromatic carbocycles. The molecule has 0 aliphatic heterocycles. The Morgan fingerprint density at radius 2 is 1.94 bits per heavy atom. The smallest absolute Gasteiger partial charge is 0.0701 e. The van der Waals surface area contributed by atoms with Gasteiger partial charge in [-0.1, -0.05) is 30.3 Å². The van der Waals surface area contributed by atoms with Crippen molar-refractivity contribution in [2.45, 2.75) is 25.4 Å². The first-order valence-corrected chi connectivity index (χ1v) is 7.96. The van der Waals surface area contributed by atoms with Crippen LogP contribution in [0.1, 0.15) is 29.3 Å². The van der Waals surface area contributed by atoms with Crippen LogP contribution in [0.5, 0.6) is 0 Å². The summed E-state index contributed by atoms with van der Waals surface area (Å²) in [5.41, 5.74) is 1.43. The summed E-state index contributed by atoms with van der Waals surface area (Å²) in [6.07, 6.45) is 2.72. The number of halogens is 1. The molecule has 0 spiro atoms. The van der Waals surface area contributed by atoms with E-state index in [9.17, 15) is 0 Å². The summed E-state index contributed by atoms with van der Waals surface area (Å²) < 4.78 is 1.21. The van der Waals surface area contributed by atoms with E-state index in [1.54, 1.807) is 0 Å². The van der Waals surface area contributed by atoms with Crippen molar-refractivity contribution < 1.29 is 0 Å². The van der Waals surface area contributed by atoms with Crippen LogP contribution in [-0.2, 0) is 6.54 Å². The Morgan fingerprint density at radius 1 is 1.17 bits per heavy atom. The Hall–Kier alpha value is -0.640. The van der Waals surface area contributed by atoms with Crippen LogP contribution in [0.2, 0.25) is 0 Å². The lowest BCUT2D eigenvalue weighted by atomic mass is 10.0. The Morgan fingerprint density at radius 3 is 2.56 bits per heavy atom. The quantitative estimate of drug-likeness (QED) is 0.837. The largest absolute Gasteiger partial charge is 0.305 e. The Labute approximate surface area is 120 Å². The molecule has 1 heterocycles. The fourth-order valence-electron chi connectivity index (χ4n) is 2.30. The van der Waals surface area contributed by atoms with Crippen molar-refractivity contribution in [2.24, 2.45) is 5.92 Å². The summed E-state index contributed by atoms with van der Waals surface area (Å²) in [6.45, 7) is 0.965. The van der Waals surface area contributed by atoms with E-state index in [2.05, 4.69) is 63.7 Å². The molecule has 2 aromatic rings. The van der Waals surface area contributed by atoms with Gasteiger partial charge >= 0.3 is 0 Å². The zero-order chi connectivity index (χ0) is 12.4. The molecule has 0 radical (unpaired) electrons. The van der Waals surface area contributed by atoms with Crippen molar-refractivity contribution in [1.82, 2.24) is 5.32 Å². The van der Waals surface area contributed by atoms with Gasteiger partial charge in [0.05, 0.1) is 3.79 Å². The van der Waals surface area contributed by atoms with E-state index < -0.39 is 0 Å². The third-order valence-electron chi connectivity index (χ3n) is 3.38. The predicted octanol–water partition coefficient (Wildman–Crippen LogP) is 4.75. The van der Waals surface area contributed by atoms with E-state index in [-0.39, 0.29) is 0 Å². The minimum Gasteiger partial charge on any atom is -0.305 e. The van der Waals surface area contributed by atoms with Crippen molar-refractivity contribution in [3.8, 4) is 0 Å². The van der Waals surface area contributed by atoms with Gasteiger partial charge in [0, 0.05) is 17.5 Å². The Bertz CT molecular complexity index is 504. The summed E-state index contributed by atoms with van der Waals surface area (Å²) in [5, 5.41) is 3.72. The van der Waals surface area contributed by atoms with E-state index >= 15 is 0 Å². The lowest BCUT2D eigenvalue weighted by Gasteiger charge is -2.18. The first-order chi connectivity index (χ1) is 8.83. The molecule has 94 valence electrons. The molecule has 1 saturated carbocycles. The standard InChI is InChI=1S/C15H16BrNS/c16-14-9-8-13(18-14)10-17-15(12-6-7-12)11-4-2-1-3-5-11/h1-5,8-9,12,15,17H,6-7,10H2. The summed E-state index contributed by atoms with van der Waals surface area (Å²) >= 11 is 5.33. The molecule has 1 N–H and O–H groups in total. The third-order valence-corrected chi connectivity index (χ3v) is 5.00. The summed E-state index contributed by atoms with van der Waals surface area (Å²) in [6, 6.07) is 15.7. The van der Waals surface area contributed by atoms with Crippen LogP contribution >= 0.6 is 27.3 Å². The Balaban J connectivity index is 1.68. The molecule has 3 rings (SSSR count). The van der Waals surface area contributed by atoms with Gasteiger partial charge in [-0.2, -0.15) is 0 Å². The van der Waals surface area contributed by atoms with Gasteiger partial charge in [-0.3, -0.25) is 0 Å². The second kappa shape index (κ2) is 5.55. The highest BCUT2D eigenvalue weighted by atomic mass is 79.9. The maximum absolute atomic E-state index is 3.72. The first-order valence-electron chi connectivity index (χ1n) is 6.35. The van der Waals surface area contributed by atoms with Gasteiger partial charge in [0.25, 0.3) is 0 Å². The summed E-state index contributed by atoms with van der Waals surface area (Å²) in [5.74, 6) is 0.829. The molecular formula is C15H16BrNS. The van der Waals surface area contributed by atoms with Gasteiger partial charge < -0.3 is 5.32 Å². The van der Waals surface area contributed by atoms with Crippen LogP contribution < -0.4 is 5.32 Å². The van der Waals surface area contributed by atoms with Gasteiger partial charge in [-0.05, 0) is 52.4 Å². The van der Waals surface area contributed by atoms with E-state index in [1.165, 1.54) is 27.1 Å². The molecule has 1 atom stereocenters. The van der Waals surface area contributed by atoms with Crippen LogP contribution in [0.4, 0.5) is 0 Å². The summed E-state index contributed by atoms with van der Waals surface area (Å²) in [4.78, 5) is 1.39. The highest BCUT2D eigenvalue weighted by molar-refractivity contribution is 9.11. The van der Waals surface area contributed by atoms with E-state index in [4.69, 9.17) is 0 Å². The molecule has 0 amide bonds. The SMILES string of the molecule is Brc1ccc(CNC(c2ccccc2)C2CC2)s1. The zero-order valence-electron chi connectivity index (χ0n) is 10.1. The van der Waals surface area contributed by atoms with Crippen molar-refractivity contribution >= 4 is 27.3 Å². The molecule has 1 aliphatic carbocycles. The molecule has 1 aromatic heterocycles. The second-order valence-electron chi connectivity index (χ2n) is 4.81. The molecule has 0 saturated heterocycles. The molecule has 1 fully saturated rings. The predicted molar refractivity (Wildman–Crippen MR) is 80.8 cm³/mol. The summed E-state index contributed by atoms with van der Waals surface area (Å²) in [7, 11) is 0. The van der Waals surface area contributed by atoms with Crippen molar-refractivity contribution in [3.63, 3.8) is 0 Å². The number of benzene rings is 1. The van der Waals surface area contributed by atoms with Crippen molar-refractivity contribution in [1.29, 1.82) is 0 Å². The molecule has 1 unspecified atom stereocenters. The normalized spacial score (nSPS) is 16.7. The molecule has 3 heteroatoms. The van der Waals surface area contributed by atoms with Crippen molar-refractivity contribution in [3.05, 3.63) is 56.7 Å². The average molecular weight is 322 g/mol. The van der Waals surface area contributed by atoms with Crippen LogP contribution in [-0.4, -0.2) is 0 Å². The molecule has 1 nitrogen and oxygen atoms in total. The minimum absolute atomic E-state index is 0.520. The van der Waals surface area contributed by atoms with E-state index in [0.29, 0.717) is 6.04 Å². The van der Waals surface area contributed by atoms with Gasteiger partial charge in [0.1, 0.15) is 0 Å². The lowest BCUT2D eigenvalue weighted by molar-refractivity contribution is 0.483. The average Bonchev–Trinajstić information content (AvgIpc) is 3.14. The van der Waals surface area contributed by atoms with Gasteiger partial charge in [-0.25, -0.2) is 0 Å². The van der Waals surface area contributed by atoms with Crippen molar-refractivity contribution in [2.75, 3.05) is 0 Å².